The molecule has 0 N–H and O–H groups in total. The topological polar surface area (TPSA) is 25.4 Å². The van der Waals surface area contributed by atoms with Crippen LogP contribution in [0.3, 0.4) is 0 Å². The van der Waals surface area contributed by atoms with E-state index in [9.17, 15) is 0 Å². The minimum absolute atomic E-state index is 0.537. The first kappa shape index (κ1) is 18.7. The third-order valence-corrected chi connectivity index (χ3v) is 5.94. The highest BCUT2D eigenvalue weighted by Gasteiger charge is 2.26. The van der Waals surface area contributed by atoms with E-state index in [4.69, 9.17) is 9.72 Å². The Kier molecular flexibility index (Phi) is 4.66. The number of nitrogens with zero attached hydrogens (tertiary/aromatic N) is 2. The summed E-state index contributed by atoms with van der Waals surface area (Å²) >= 11 is 0. The van der Waals surface area contributed by atoms with Crippen LogP contribution in [-0.2, 0) is 6.42 Å². The summed E-state index contributed by atoms with van der Waals surface area (Å²) in [7, 11) is 0. The molecule has 3 aromatic carbocycles. The van der Waals surface area contributed by atoms with Gasteiger partial charge in [0, 0.05) is 23.3 Å². The molecule has 1 aliphatic rings. The van der Waals surface area contributed by atoms with E-state index in [-0.39, 0.29) is 0 Å². The van der Waals surface area contributed by atoms with Gasteiger partial charge >= 0.3 is 0 Å². The first-order valence-corrected chi connectivity index (χ1v) is 10.6. The van der Waals surface area contributed by atoms with E-state index in [0.29, 0.717) is 5.92 Å². The van der Waals surface area contributed by atoms with Gasteiger partial charge < -0.3 is 9.64 Å². The molecule has 0 bridgehead atoms. The highest BCUT2D eigenvalue weighted by Crippen LogP contribution is 2.42. The second-order valence-corrected chi connectivity index (χ2v) is 8.27. The lowest BCUT2D eigenvalue weighted by Crippen LogP contribution is -2.13. The molecule has 4 aromatic rings. The number of ether oxygens (including phenoxy) is 1. The number of aromatic nitrogens is 1. The van der Waals surface area contributed by atoms with Crippen molar-refractivity contribution in [3.05, 3.63) is 89.6 Å². The molecule has 2 heterocycles. The van der Waals surface area contributed by atoms with Gasteiger partial charge in [0.1, 0.15) is 11.5 Å². The van der Waals surface area contributed by atoms with Crippen molar-refractivity contribution in [1.82, 2.24) is 4.98 Å². The van der Waals surface area contributed by atoms with Crippen LogP contribution in [0.4, 0.5) is 11.4 Å². The normalized spacial score (nSPS) is 13.1. The molecule has 150 valence electrons. The largest absolute Gasteiger partial charge is 0.457 e. The van der Waals surface area contributed by atoms with Gasteiger partial charge in [-0.2, -0.15) is 0 Å². The molecule has 0 unspecified atom stereocenters. The monoisotopic (exact) mass is 394 g/mol. The van der Waals surface area contributed by atoms with Gasteiger partial charge in [0.25, 0.3) is 0 Å². The second-order valence-electron chi connectivity index (χ2n) is 8.27. The summed E-state index contributed by atoms with van der Waals surface area (Å²) in [5, 5.41) is 1.15. The van der Waals surface area contributed by atoms with Crippen molar-refractivity contribution in [2.24, 2.45) is 0 Å². The molecule has 3 nitrogen and oxygen atoms in total. The van der Waals surface area contributed by atoms with Crippen LogP contribution < -0.4 is 9.64 Å². The highest BCUT2D eigenvalue weighted by atomic mass is 16.5. The quantitative estimate of drug-likeness (QED) is 0.367. The van der Waals surface area contributed by atoms with E-state index in [1.54, 1.807) is 0 Å². The molecule has 3 heteroatoms. The summed E-state index contributed by atoms with van der Waals surface area (Å²) in [5.74, 6) is 2.22. The molecule has 1 aromatic heterocycles. The lowest BCUT2D eigenvalue weighted by molar-refractivity contribution is 0.483. The van der Waals surface area contributed by atoms with Gasteiger partial charge in [-0.05, 0) is 72.9 Å². The number of rotatable bonds is 4. The van der Waals surface area contributed by atoms with Gasteiger partial charge in [-0.15, -0.1) is 0 Å². The van der Waals surface area contributed by atoms with Gasteiger partial charge in [0.05, 0.1) is 11.2 Å². The maximum atomic E-state index is 6.11. The van der Waals surface area contributed by atoms with Crippen LogP contribution in [0.1, 0.15) is 36.6 Å². The number of aryl methyl sites for hydroxylation is 1. The molecule has 30 heavy (non-hydrogen) atoms. The molecule has 0 radical (unpaired) electrons. The van der Waals surface area contributed by atoms with Crippen LogP contribution in [0.25, 0.3) is 10.9 Å². The Morgan fingerprint density at radius 1 is 0.900 bits per heavy atom. The van der Waals surface area contributed by atoms with Crippen molar-refractivity contribution in [3.63, 3.8) is 0 Å². The summed E-state index contributed by atoms with van der Waals surface area (Å²) in [4.78, 5) is 7.31. The van der Waals surface area contributed by atoms with Crippen LogP contribution in [-0.4, -0.2) is 11.5 Å². The minimum Gasteiger partial charge on any atom is -0.457 e. The van der Waals surface area contributed by atoms with E-state index < -0.39 is 0 Å². The zero-order valence-corrected chi connectivity index (χ0v) is 17.7. The minimum atomic E-state index is 0.537. The molecule has 0 aliphatic carbocycles. The molecule has 0 atom stereocenters. The van der Waals surface area contributed by atoms with Gasteiger partial charge in [-0.3, -0.25) is 4.98 Å². The zero-order valence-electron chi connectivity index (χ0n) is 17.7. The van der Waals surface area contributed by atoms with E-state index in [0.717, 1.165) is 41.1 Å². The molecule has 0 spiro atoms. The first-order valence-electron chi connectivity index (χ1n) is 10.6. The number of pyridine rings is 1. The highest BCUT2D eigenvalue weighted by molar-refractivity contribution is 5.98. The van der Waals surface area contributed by atoms with E-state index in [1.807, 2.05) is 36.4 Å². The Morgan fingerprint density at radius 3 is 2.40 bits per heavy atom. The third-order valence-electron chi connectivity index (χ3n) is 5.94. The van der Waals surface area contributed by atoms with Gasteiger partial charge in [0.2, 0.25) is 0 Å². The second kappa shape index (κ2) is 7.49. The van der Waals surface area contributed by atoms with Gasteiger partial charge in [0.15, 0.2) is 0 Å². The summed E-state index contributed by atoms with van der Waals surface area (Å²) in [6.07, 6.45) is 1.01. The fraction of sp³-hybridized carbons (Fsp3) is 0.222. The molecule has 0 saturated carbocycles. The SMILES string of the molecule is Cc1nc2ccc(Oc3ccccc3)cc2c2c1CCN2c1ccc(C(C)C)cc1. The van der Waals surface area contributed by atoms with Crippen molar-refractivity contribution >= 4 is 22.3 Å². The van der Waals surface area contributed by atoms with Crippen LogP contribution in [0, 0.1) is 6.92 Å². The number of anilines is 2. The fourth-order valence-corrected chi connectivity index (χ4v) is 4.31. The number of hydrogen-bond acceptors (Lipinski definition) is 3. The Bertz CT molecular complexity index is 1200. The lowest BCUT2D eigenvalue weighted by Gasteiger charge is -2.22. The number of fused-ring (bicyclic) bond motifs is 3. The molecule has 0 saturated heterocycles. The predicted molar refractivity (Wildman–Crippen MR) is 124 cm³/mol. The fourth-order valence-electron chi connectivity index (χ4n) is 4.31. The number of hydrogen-bond donors (Lipinski definition) is 0. The summed E-state index contributed by atoms with van der Waals surface area (Å²) in [6, 6.07) is 25.1. The van der Waals surface area contributed by atoms with Crippen LogP contribution in [0.2, 0.25) is 0 Å². The molecular weight excluding hydrogens is 368 g/mol. The average molecular weight is 395 g/mol. The first-order chi connectivity index (χ1) is 14.6. The van der Waals surface area contributed by atoms with E-state index in [2.05, 4.69) is 62.1 Å². The van der Waals surface area contributed by atoms with Crippen molar-refractivity contribution in [1.29, 1.82) is 0 Å². The molecule has 0 amide bonds. The maximum absolute atomic E-state index is 6.11. The summed E-state index contributed by atoms with van der Waals surface area (Å²) < 4.78 is 6.11. The summed E-state index contributed by atoms with van der Waals surface area (Å²) in [5.41, 5.74) is 7.35. The molecule has 1 aliphatic heterocycles. The number of para-hydroxylation sites is 1. The van der Waals surface area contributed by atoms with E-state index >= 15 is 0 Å². The van der Waals surface area contributed by atoms with Crippen molar-refractivity contribution in [2.45, 2.75) is 33.1 Å². The van der Waals surface area contributed by atoms with Crippen molar-refractivity contribution in [2.75, 3.05) is 11.4 Å². The molecule has 5 rings (SSSR count). The average Bonchev–Trinajstić information content (AvgIpc) is 3.21. The van der Waals surface area contributed by atoms with Crippen LogP contribution in [0.15, 0.2) is 72.8 Å². The van der Waals surface area contributed by atoms with Gasteiger partial charge in [-0.25, -0.2) is 0 Å². The Balaban J connectivity index is 1.60. The van der Waals surface area contributed by atoms with Crippen LogP contribution >= 0.6 is 0 Å². The maximum Gasteiger partial charge on any atom is 0.128 e. The van der Waals surface area contributed by atoms with Gasteiger partial charge in [-0.1, -0.05) is 44.2 Å². The van der Waals surface area contributed by atoms with Crippen molar-refractivity contribution in [3.8, 4) is 11.5 Å². The summed E-state index contributed by atoms with van der Waals surface area (Å²) in [6.45, 7) is 7.56. The Labute approximate surface area is 178 Å². The Morgan fingerprint density at radius 2 is 1.67 bits per heavy atom. The van der Waals surface area contributed by atoms with Crippen LogP contribution in [0.5, 0.6) is 11.5 Å². The zero-order chi connectivity index (χ0) is 20.7. The lowest BCUT2D eigenvalue weighted by atomic mass is 10.0. The Hall–Kier alpha value is -3.33. The van der Waals surface area contributed by atoms with Crippen molar-refractivity contribution < 1.29 is 4.74 Å². The smallest absolute Gasteiger partial charge is 0.128 e. The third kappa shape index (κ3) is 3.30. The molecular formula is C27H26N2O. The molecule has 0 fully saturated rings. The number of benzene rings is 3. The predicted octanol–water partition coefficient (Wildman–Crippen LogP) is 7.15. The standard InChI is InChI=1S/C27H26N2O/c1-18(2)20-9-11-21(12-10-20)29-16-15-24-19(3)28-26-14-13-23(17-25(26)27(24)29)30-22-7-5-4-6-8-22/h4-14,17-18H,15-16H2,1-3H3. The van der Waals surface area contributed by atoms with E-state index in [1.165, 1.54) is 22.5 Å².